The predicted octanol–water partition coefficient (Wildman–Crippen LogP) is 3.28. The monoisotopic (exact) mass is 387 g/mol. The highest BCUT2D eigenvalue weighted by Gasteiger charge is 2.30. The second-order valence-electron chi connectivity index (χ2n) is 6.66. The van der Waals surface area contributed by atoms with E-state index in [1.165, 1.54) is 24.3 Å². The molecule has 0 bridgehead atoms. The summed E-state index contributed by atoms with van der Waals surface area (Å²) in [5, 5.41) is 11.3. The fraction of sp³-hybridized carbons (Fsp3) is 0.300. The standard InChI is InChI=1S/C20H21NO5S/c22-19(23)13-15-5-1-4-8-18(15)21-20(24)14-9-11-17(12-10-14)27(25,26)16-6-2-3-7-16/h1,4-5,8-12,16H,2-3,6-7,13H2,(H,21,24)(H,22,23). The molecule has 1 fully saturated rings. The maximum Gasteiger partial charge on any atom is 0.307 e. The molecule has 0 unspecified atom stereocenters. The van der Waals surface area contributed by atoms with Crippen molar-refractivity contribution >= 4 is 27.4 Å². The molecule has 2 aromatic carbocycles. The van der Waals surface area contributed by atoms with Crippen LogP contribution in [0.15, 0.2) is 53.4 Å². The topological polar surface area (TPSA) is 101 Å². The Kier molecular flexibility index (Phi) is 5.60. The molecule has 0 atom stereocenters. The van der Waals surface area contributed by atoms with Gasteiger partial charge in [0.2, 0.25) is 0 Å². The van der Waals surface area contributed by atoms with E-state index in [4.69, 9.17) is 5.11 Å². The number of rotatable bonds is 6. The zero-order valence-corrected chi connectivity index (χ0v) is 15.5. The van der Waals surface area contributed by atoms with E-state index in [1.807, 2.05) is 0 Å². The first-order chi connectivity index (χ1) is 12.9. The highest BCUT2D eigenvalue weighted by Crippen LogP contribution is 2.29. The second kappa shape index (κ2) is 7.92. The number of nitrogens with one attached hydrogen (secondary N) is 1. The molecular formula is C20H21NO5S. The summed E-state index contributed by atoms with van der Waals surface area (Å²) in [6.07, 6.45) is 3.03. The first kappa shape index (κ1) is 19.1. The summed E-state index contributed by atoms with van der Waals surface area (Å²) in [4.78, 5) is 23.6. The number of carbonyl (C=O) groups excluding carboxylic acids is 1. The molecule has 1 amide bonds. The van der Waals surface area contributed by atoms with E-state index in [0.717, 1.165) is 12.8 Å². The fourth-order valence-electron chi connectivity index (χ4n) is 3.34. The average Bonchev–Trinajstić information content (AvgIpc) is 3.18. The van der Waals surface area contributed by atoms with E-state index in [9.17, 15) is 18.0 Å². The van der Waals surface area contributed by atoms with Crippen molar-refractivity contribution in [2.45, 2.75) is 42.2 Å². The van der Waals surface area contributed by atoms with E-state index in [1.54, 1.807) is 24.3 Å². The number of anilines is 1. The Morgan fingerprint density at radius 1 is 1.00 bits per heavy atom. The van der Waals surface area contributed by atoms with Gasteiger partial charge < -0.3 is 10.4 Å². The van der Waals surface area contributed by atoms with Gasteiger partial charge in [-0.25, -0.2) is 8.42 Å². The quantitative estimate of drug-likeness (QED) is 0.792. The molecule has 1 aliphatic rings. The minimum Gasteiger partial charge on any atom is -0.481 e. The summed E-state index contributed by atoms with van der Waals surface area (Å²) in [7, 11) is -3.36. The largest absolute Gasteiger partial charge is 0.481 e. The molecule has 2 aromatic rings. The van der Waals surface area contributed by atoms with Crippen LogP contribution in [0.2, 0.25) is 0 Å². The molecule has 0 spiro atoms. The summed E-state index contributed by atoms with van der Waals surface area (Å²) in [5.74, 6) is -1.41. The van der Waals surface area contributed by atoms with Gasteiger partial charge in [0, 0.05) is 11.3 Å². The number of carboxylic acids is 1. The van der Waals surface area contributed by atoms with Crippen LogP contribution in [0.5, 0.6) is 0 Å². The lowest BCUT2D eigenvalue weighted by molar-refractivity contribution is -0.136. The third kappa shape index (κ3) is 4.36. The van der Waals surface area contributed by atoms with Crippen molar-refractivity contribution in [1.82, 2.24) is 0 Å². The Morgan fingerprint density at radius 2 is 1.63 bits per heavy atom. The van der Waals surface area contributed by atoms with Gasteiger partial charge in [-0.05, 0) is 48.7 Å². The minimum absolute atomic E-state index is 0.199. The number of hydrogen-bond donors (Lipinski definition) is 2. The normalized spacial score (nSPS) is 14.8. The molecule has 1 aliphatic carbocycles. The number of carboxylic acid groups (broad SMARTS) is 1. The van der Waals surface area contributed by atoms with Crippen molar-refractivity contribution in [3.63, 3.8) is 0 Å². The number of amides is 1. The van der Waals surface area contributed by atoms with Gasteiger partial charge in [-0.2, -0.15) is 0 Å². The average molecular weight is 387 g/mol. The van der Waals surface area contributed by atoms with Crippen molar-refractivity contribution < 1.29 is 23.1 Å². The maximum atomic E-state index is 12.6. The van der Waals surface area contributed by atoms with Crippen LogP contribution in [-0.4, -0.2) is 30.7 Å². The number of aliphatic carboxylic acids is 1. The van der Waals surface area contributed by atoms with E-state index in [-0.39, 0.29) is 16.6 Å². The molecule has 0 saturated heterocycles. The Morgan fingerprint density at radius 3 is 2.26 bits per heavy atom. The van der Waals surface area contributed by atoms with E-state index in [2.05, 4.69) is 5.32 Å². The molecule has 0 aliphatic heterocycles. The Labute approximate surface area is 158 Å². The van der Waals surface area contributed by atoms with E-state index < -0.39 is 21.7 Å². The first-order valence-electron chi connectivity index (χ1n) is 8.83. The van der Waals surface area contributed by atoms with Crippen LogP contribution in [0.3, 0.4) is 0 Å². The van der Waals surface area contributed by atoms with E-state index in [0.29, 0.717) is 29.7 Å². The third-order valence-corrected chi connectivity index (χ3v) is 7.07. The Bertz CT molecular complexity index is 945. The summed E-state index contributed by atoms with van der Waals surface area (Å²) < 4.78 is 25.2. The number of sulfone groups is 1. The van der Waals surface area contributed by atoms with Gasteiger partial charge >= 0.3 is 5.97 Å². The molecule has 27 heavy (non-hydrogen) atoms. The van der Waals surface area contributed by atoms with Crippen LogP contribution in [0.1, 0.15) is 41.6 Å². The highest BCUT2D eigenvalue weighted by atomic mass is 32.2. The Balaban J connectivity index is 1.76. The smallest absolute Gasteiger partial charge is 0.307 e. The molecule has 1 saturated carbocycles. The van der Waals surface area contributed by atoms with Gasteiger partial charge in [-0.15, -0.1) is 0 Å². The Hall–Kier alpha value is -2.67. The molecule has 6 nitrogen and oxygen atoms in total. The van der Waals surface area contributed by atoms with Crippen molar-refractivity contribution in [3.8, 4) is 0 Å². The number of benzene rings is 2. The summed E-state index contributed by atoms with van der Waals surface area (Å²) in [6, 6.07) is 12.6. The van der Waals surface area contributed by atoms with Crippen molar-refractivity contribution in [2.24, 2.45) is 0 Å². The lowest BCUT2D eigenvalue weighted by Gasteiger charge is -2.12. The van der Waals surface area contributed by atoms with Gasteiger partial charge in [-0.3, -0.25) is 9.59 Å². The molecule has 142 valence electrons. The van der Waals surface area contributed by atoms with Gasteiger partial charge in [0.05, 0.1) is 16.6 Å². The van der Waals surface area contributed by atoms with Crippen LogP contribution in [0.4, 0.5) is 5.69 Å². The van der Waals surface area contributed by atoms with Crippen LogP contribution in [0.25, 0.3) is 0 Å². The lowest BCUT2D eigenvalue weighted by Crippen LogP contribution is -2.18. The second-order valence-corrected chi connectivity index (χ2v) is 8.89. The fourth-order valence-corrected chi connectivity index (χ4v) is 5.20. The molecule has 0 heterocycles. The van der Waals surface area contributed by atoms with Crippen molar-refractivity contribution in [2.75, 3.05) is 5.32 Å². The summed E-state index contributed by atoms with van der Waals surface area (Å²) >= 11 is 0. The third-order valence-electron chi connectivity index (χ3n) is 4.79. The maximum absolute atomic E-state index is 12.6. The van der Waals surface area contributed by atoms with Crippen molar-refractivity contribution in [3.05, 3.63) is 59.7 Å². The van der Waals surface area contributed by atoms with Crippen molar-refractivity contribution in [1.29, 1.82) is 0 Å². The molecule has 3 rings (SSSR count). The zero-order valence-electron chi connectivity index (χ0n) is 14.7. The SMILES string of the molecule is O=C(O)Cc1ccccc1NC(=O)c1ccc(S(=O)(=O)C2CCCC2)cc1. The van der Waals surface area contributed by atoms with Crippen LogP contribution in [0, 0.1) is 0 Å². The van der Waals surface area contributed by atoms with Gasteiger partial charge in [0.15, 0.2) is 9.84 Å². The summed E-state index contributed by atoms with van der Waals surface area (Å²) in [6.45, 7) is 0. The lowest BCUT2D eigenvalue weighted by atomic mass is 10.1. The molecule has 2 N–H and O–H groups in total. The predicted molar refractivity (Wildman–Crippen MR) is 102 cm³/mol. The van der Waals surface area contributed by atoms with Crippen LogP contribution >= 0.6 is 0 Å². The number of carbonyl (C=O) groups is 2. The first-order valence-corrected chi connectivity index (χ1v) is 10.4. The van der Waals surface area contributed by atoms with E-state index >= 15 is 0 Å². The minimum atomic E-state index is -3.36. The van der Waals surface area contributed by atoms with Gasteiger partial charge in [0.1, 0.15) is 0 Å². The van der Waals surface area contributed by atoms with Gasteiger partial charge in [0.25, 0.3) is 5.91 Å². The molecular weight excluding hydrogens is 366 g/mol. The van der Waals surface area contributed by atoms with Crippen LogP contribution in [-0.2, 0) is 21.1 Å². The van der Waals surface area contributed by atoms with Crippen LogP contribution < -0.4 is 5.32 Å². The molecule has 0 aromatic heterocycles. The zero-order chi connectivity index (χ0) is 19.4. The highest BCUT2D eigenvalue weighted by molar-refractivity contribution is 7.92. The number of para-hydroxylation sites is 1. The number of hydrogen-bond acceptors (Lipinski definition) is 4. The molecule has 7 heteroatoms. The summed E-state index contributed by atoms with van der Waals surface area (Å²) in [5.41, 5.74) is 1.23. The van der Waals surface area contributed by atoms with Gasteiger partial charge in [-0.1, -0.05) is 31.0 Å². The molecule has 0 radical (unpaired) electrons.